The lowest BCUT2D eigenvalue weighted by Crippen LogP contribution is -2.08. The molecule has 4 heteroatoms. The fraction of sp³-hybridized carbons (Fsp3) is 0.562. The predicted octanol–water partition coefficient (Wildman–Crippen LogP) is 4.53. The van der Waals surface area contributed by atoms with E-state index in [4.69, 9.17) is 26.3 Å². The number of nitrogens with zero attached hydrogens (tertiary/aromatic N) is 1. The van der Waals surface area contributed by atoms with Crippen molar-refractivity contribution in [1.29, 1.82) is 5.26 Å². The summed E-state index contributed by atoms with van der Waals surface area (Å²) in [7, 11) is 1.62. The SMILES string of the molecule is COc1ccc(CCl)cc1OCCCCC(C)(C)C#N. The predicted molar refractivity (Wildman–Crippen MR) is 81.3 cm³/mol. The Hall–Kier alpha value is -1.40. The van der Waals surface area contributed by atoms with Gasteiger partial charge in [0.05, 0.1) is 25.2 Å². The number of unbranched alkanes of at least 4 members (excludes halogenated alkanes) is 1. The molecule has 1 aromatic carbocycles. The third kappa shape index (κ3) is 5.30. The zero-order chi connectivity index (χ0) is 15.0. The molecule has 0 spiro atoms. The average Bonchev–Trinajstić information content (AvgIpc) is 2.46. The van der Waals surface area contributed by atoms with Crippen molar-refractivity contribution in [1.82, 2.24) is 0 Å². The number of methoxy groups -OCH3 is 1. The van der Waals surface area contributed by atoms with Gasteiger partial charge in [0.1, 0.15) is 0 Å². The van der Waals surface area contributed by atoms with Crippen molar-refractivity contribution in [3.8, 4) is 17.6 Å². The molecule has 3 nitrogen and oxygen atoms in total. The minimum atomic E-state index is -0.254. The molecule has 1 aromatic rings. The molecule has 0 aliphatic heterocycles. The topological polar surface area (TPSA) is 42.2 Å². The lowest BCUT2D eigenvalue weighted by Gasteiger charge is -2.15. The first-order chi connectivity index (χ1) is 9.52. The van der Waals surface area contributed by atoms with Gasteiger partial charge in [-0.3, -0.25) is 0 Å². The second-order valence-corrected chi connectivity index (χ2v) is 5.69. The van der Waals surface area contributed by atoms with Crippen LogP contribution < -0.4 is 9.47 Å². The summed E-state index contributed by atoms with van der Waals surface area (Å²) in [6, 6.07) is 8.01. The summed E-state index contributed by atoms with van der Waals surface area (Å²) in [5.41, 5.74) is 0.754. The number of benzene rings is 1. The van der Waals surface area contributed by atoms with Crippen LogP contribution in [0.25, 0.3) is 0 Å². The molecule has 0 aliphatic rings. The minimum Gasteiger partial charge on any atom is -0.493 e. The molecule has 1 rings (SSSR count). The van der Waals surface area contributed by atoms with Crippen LogP contribution in [0.15, 0.2) is 18.2 Å². The highest BCUT2D eigenvalue weighted by atomic mass is 35.5. The first-order valence-electron chi connectivity index (χ1n) is 6.79. The molecule has 0 atom stereocenters. The first-order valence-corrected chi connectivity index (χ1v) is 7.33. The van der Waals surface area contributed by atoms with E-state index in [0.29, 0.717) is 12.5 Å². The van der Waals surface area contributed by atoms with Crippen LogP contribution in [0.5, 0.6) is 11.5 Å². The van der Waals surface area contributed by atoms with E-state index < -0.39 is 0 Å². The molecule has 0 aromatic heterocycles. The average molecular weight is 296 g/mol. The summed E-state index contributed by atoms with van der Waals surface area (Å²) in [6.45, 7) is 4.53. The highest BCUT2D eigenvalue weighted by Crippen LogP contribution is 2.29. The first kappa shape index (κ1) is 16.7. The fourth-order valence-electron chi connectivity index (χ4n) is 1.82. The number of alkyl halides is 1. The van der Waals surface area contributed by atoms with E-state index in [1.807, 2.05) is 32.0 Å². The maximum absolute atomic E-state index is 8.94. The maximum atomic E-state index is 8.94. The third-order valence-corrected chi connectivity index (χ3v) is 3.45. The van der Waals surface area contributed by atoms with Crippen molar-refractivity contribution < 1.29 is 9.47 Å². The number of rotatable bonds is 8. The lowest BCUT2D eigenvalue weighted by molar-refractivity contribution is 0.278. The van der Waals surface area contributed by atoms with Crippen LogP contribution >= 0.6 is 11.6 Å². The number of hydrogen-bond acceptors (Lipinski definition) is 3. The molecule has 0 N–H and O–H groups in total. The van der Waals surface area contributed by atoms with Gasteiger partial charge in [-0.1, -0.05) is 6.07 Å². The summed E-state index contributed by atoms with van der Waals surface area (Å²) < 4.78 is 11.0. The van der Waals surface area contributed by atoms with Crippen LogP contribution in [-0.4, -0.2) is 13.7 Å². The van der Waals surface area contributed by atoms with Gasteiger partial charge in [0.25, 0.3) is 0 Å². The Balaban J connectivity index is 2.44. The van der Waals surface area contributed by atoms with Crippen molar-refractivity contribution in [2.24, 2.45) is 5.41 Å². The molecule has 20 heavy (non-hydrogen) atoms. The van der Waals surface area contributed by atoms with E-state index in [1.54, 1.807) is 7.11 Å². The van der Waals surface area contributed by atoms with Crippen LogP contribution in [0.4, 0.5) is 0 Å². The molecule has 110 valence electrons. The zero-order valence-corrected chi connectivity index (χ0v) is 13.2. The van der Waals surface area contributed by atoms with Crippen molar-refractivity contribution in [3.63, 3.8) is 0 Å². The van der Waals surface area contributed by atoms with E-state index in [0.717, 1.165) is 36.3 Å². The maximum Gasteiger partial charge on any atom is 0.161 e. The zero-order valence-electron chi connectivity index (χ0n) is 12.4. The van der Waals surface area contributed by atoms with E-state index >= 15 is 0 Å². The van der Waals surface area contributed by atoms with Crippen LogP contribution in [0.3, 0.4) is 0 Å². The van der Waals surface area contributed by atoms with Gasteiger partial charge < -0.3 is 9.47 Å². The van der Waals surface area contributed by atoms with Crippen molar-refractivity contribution in [2.45, 2.75) is 39.0 Å². The number of ether oxygens (including phenoxy) is 2. The molecule has 0 aliphatic carbocycles. The molecule has 0 radical (unpaired) electrons. The summed E-state index contributed by atoms with van der Waals surface area (Å²) in [5.74, 6) is 1.90. The van der Waals surface area contributed by atoms with E-state index in [9.17, 15) is 0 Å². The Bertz CT molecular complexity index is 466. The quantitative estimate of drug-likeness (QED) is 0.522. The van der Waals surface area contributed by atoms with Gasteiger partial charge in [0.2, 0.25) is 0 Å². The van der Waals surface area contributed by atoms with Crippen LogP contribution in [0, 0.1) is 16.7 Å². The number of halogens is 1. The Morgan fingerprint density at radius 2 is 2.00 bits per heavy atom. The Morgan fingerprint density at radius 3 is 2.60 bits per heavy atom. The summed E-state index contributed by atoms with van der Waals surface area (Å²) in [4.78, 5) is 0. The molecular weight excluding hydrogens is 274 g/mol. The van der Waals surface area contributed by atoms with Gasteiger partial charge in [-0.15, -0.1) is 11.6 Å². The fourth-order valence-corrected chi connectivity index (χ4v) is 1.99. The Kier molecular flexibility index (Phi) is 6.67. The van der Waals surface area contributed by atoms with E-state index in [-0.39, 0.29) is 5.41 Å². The molecule has 0 saturated heterocycles. The molecule has 0 unspecified atom stereocenters. The third-order valence-electron chi connectivity index (χ3n) is 3.14. The lowest BCUT2D eigenvalue weighted by atomic mass is 9.89. The molecule has 0 fully saturated rings. The van der Waals surface area contributed by atoms with Gasteiger partial charge in [-0.05, 0) is 50.8 Å². The van der Waals surface area contributed by atoms with Crippen molar-refractivity contribution in [2.75, 3.05) is 13.7 Å². The minimum absolute atomic E-state index is 0.254. The van der Waals surface area contributed by atoms with Crippen LogP contribution in [-0.2, 0) is 5.88 Å². The highest BCUT2D eigenvalue weighted by molar-refractivity contribution is 6.17. The van der Waals surface area contributed by atoms with Gasteiger partial charge in [-0.2, -0.15) is 5.26 Å². The van der Waals surface area contributed by atoms with Gasteiger partial charge in [-0.25, -0.2) is 0 Å². The second kappa shape index (κ2) is 8.01. The molecule has 0 amide bonds. The second-order valence-electron chi connectivity index (χ2n) is 5.42. The molecule has 0 saturated carbocycles. The summed E-state index contributed by atoms with van der Waals surface area (Å²) in [6.07, 6.45) is 2.77. The van der Waals surface area contributed by atoms with Crippen LogP contribution in [0.2, 0.25) is 0 Å². The van der Waals surface area contributed by atoms with Gasteiger partial charge in [0.15, 0.2) is 11.5 Å². The summed E-state index contributed by atoms with van der Waals surface area (Å²) in [5, 5.41) is 8.94. The van der Waals surface area contributed by atoms with E-state index in [1.165, 1.54) is 0 Å². The largest absolute Gasteiger partial charge is 0.493 e. The van der Waals surface area contributed by atoms with E-state index in [2.05, 4.69) is 6.07 Å². The Labute approximate surface area is 126 Å². The number of hydrogen-bond donors (Lipinski definition) is 0. The van der Waals surface area contributed by atoms with Gasteiger partial charge in [0, 0.05) is 5.88 Å². The standard InChI is InChI=1S/C16H22ClNO2/c1-16(2,12-18)8-4-5-9-20-15-10-13(11-17)6-7-14(15)19-3/h6-7,10H,4-5,8-9,11H2,1-3H3. The molecule has 0 heterocycles. The van der Waals surface area contributed by atoms with Gasteiger partial charge >= 0.3 is 0 Å². The van der Waals surface area contributed by atoms with Crippen LogP contribution in [0.1, 0.15) is 38.7 Å². The number of nitriles is 1. The normalized spacial score (nSPS) is 10.9. The van der Waals surface area contributed by atoms with Crippen molar-refractivity contribution in [3.05, 3.63) is 23.8 Å². The smallest absolute Gasteiger partial charge is 0.161 e. The Morgan fingerprint density at radius 1 is 1.25 bits per heavy atom. The molecule has 0 bridgehead atoms. The van der Waals surface area contributed by atoms with Crippen molar-refractivity contribution >= 4 is 11.6 Å². The monoisotopic (exact) mass is 295 g/mol. The molecular formula is C16H22ClNO2. The highest BCUT2D eigenvalue weighted by Gasteiger charge is 2.15. The summed E-state index contributed by atoms with van der Waals surface area (Å²) >= 11 is 5.82.